The fraction of sp³-hybridized carbons (Fsp3) is 0.833. The number of aromatic nitrogens is 2. The van der Waals surface area contributed by atoms with Crippen molar-refractivity contribution in [2.24, 2.45) is 5.73 Å². The highest BCUT2D eigenvalue weighted by molar-refractivity contribution is 5.02. The number of rotatable bonds is 5. The molecule has 0 aliphatic carbocycles. The lowest BCUT2D eigenvalue weighted by molar-refractivity contribution is 0.0953. The van der Waals surface area contributed by atoms with E-state index in [-0.39, 0.29) is 18.1 Å². The summed E-state index contributed by atoms with van der Waals surface area (Å²) in [6.45, 7) is 3.58. The van der Waals surface area contributed by atoms with E-state index in [0.29, 0.717) is 18.3 Å². The summed E-state index contributed by atoms with van der Waals surface area (Å²) < 4.78 is 11.0. The molecular weight excluding hydrogens is 232 g/mol. The maximum absolute atomic E-state index is 6.02. The maximum atomic E-state index is 6.02. The lowest BCUT2D eigenvalue weighted by atomic mass is 10.00. The molecule has 6 heteroatoms. The van der Waals surface area contributed by atoms with Gasteiger partial charge in [-0.1, -0.05) is 12.1 Å². The van der Waals surface area contributed by atoms with Crippen LogP contribution in [0.4, 0.5) is 0 Å². The number of hydrogen-bond donors (Lipinski definition) is 1. The van der Waals surface area contributed by atoms with Crippen LogP contribution in [0.1, 0.15) is 43.4 Å². The summed E-state index contributed by atoms with van der Waals surface area (Å²) in [6, 6.07) is -0.208. The predicted octanol–water partition coefficient (Wildman–Crippen LogP) is 0.914. The van der Waals surface area contributed by atoms with Gasteiger partial charge in [0.25, 0.3) is 0 Å². The Morgan fingerprint density at radius 3 is 2.94 bits per heavy atom. The molecule has 102 valence electrons. The summed E-state index contributed by atoms with van der Waals surface area (Å²) in [6.07, 6.45) is 2.11. The smallest absolute Gasteiger partial charge is 0.232 e. The third-order valence-corrected chi connectivity index (χ3v) is 3.28. The first-order chi connectivity index (χ1) is 8.61. The fourth-order valence-corrected chi connectivity index (χ4v) is 2.36. The van der Waals surface area contributed by atoms with Crippen LogP contribution in [0, 0.1) is 0 Å². The highest BCUT2D eigenvalue weighted by atomic mass is 16.5. The molecular formula is C12H22N4O2. The van der Waals surface area contributed by atoms with E-state index in [1.165, 1.54) is 0 Å². The second-order valence-corrected chi connectivity index (χ2v) is 5.07. The van der Waals surface area contributed by atoms with Crippen molar-refractivity contribution in [2.45, 2.75) is 37.8 Å². The molecule has 0 amide bonds. The molecule has 2 heterocycles. The van der Waals surface area contributed by atoms with E-state index in [9.17, 15) is 0 Å². The normalized spacial score (nSPS) is 25.8. The van der Waals surface area contributed by atoms with Crippen LogP contribution < -0.4 is 5.73 Å². The molecule has 2 N–H and O–H groups in total. The number of likely N-dealkylation sites (N-methyl/N-ethyl adjacent to an activating group) is 1. The Balaban J connectivity index is 2.05. The summed E-state index contributed by atoms with van der Waals surface area (Å²) in [4.78, 5) is 6.44. The Morgan fingerprint density at radius 1 is 1.50 bits per heavy atom. The Hall–Kier alpha value is -0.980. The van der Waals surface area contributed by atoms with Crippen molar-refractivity contribution in [3.8, 4) is 0 Å². The number of nitrogens with two attached hydrogens (primary N) is 1. The van der Waals surface area contributed by atoms with E-state index in [2.05, 4.69) is 17.1 Å². The molecule has 1 aliphatic rings. The third-order valence-electron chi connectivity index (χ3n) is 3.28. The van der Waals surface area contributed by atoms with Crippen LogP contribution in [0.2, 0.25) is 0 Å². The van der Waals surface area contributed by atoms with Crippen LogP contribution in [-0.2, 0) is 4.74 Å². The molecule has 3 unspecified atom stereocenters. The average Bonchev–Trinajstić information content (AvgIpc) is 2.96. The second kappa shape index (κ2) is 5.77. The lowest BCUT2D eigenvalue weighted by Gasteiger charge is -2.13. The van der Waals surface area contributed by atoms with Gasteiger partial charge in [-0.3, -0.25) is 0 Å². The van der Waals surface area contributed by atoms with Gasteiger partial charge in [0.1, 0.15) is 0 Å². The molecule has 1 aromatic heterocycles. The molecule has 18 heavy (non-hydrogen) atoms. The minimum Gasteiger partial charge on any atom is -0.377 e. The van der Waals surface area contributed by atoms with Crippen molar-refractivity contribution in [1.82, 2.24) is 15.0 Å². The van der Waals surface area contributed by atoms with Crippen LogP contribution in [-0.4, -0.2) is 48.4 Å². The van der Waals surface area contributed by atoms with E-state index in [4.69, 9.17) is 15.0 Å². The van der Waals surface area contributed by atoms with E-state index in [1.54, 1.807) is 0 Å². The monoisotopic (exact) mass is 254 g/mol. The molecule has 2 rings (SSSR count). The molecule has 0 radical (unpaired) electrons. The van der Waals surface area contributed by atoms with Crippen molar-refractivity contribution in [3.05, 3.63) is 11.7 Å². The van der Waals surface area contributed by atoms with Crippen LogP contribution in [0.3, 0.4) is 0 Å². The number of hydrogen-bond acceptors (Lipinski definition) is 6. The molecule has 1 aromatic rings. The summed E-state index contributed by atoms with van der Waals surface area (Å²) in [5, 5.41) is 3.99. The molecule has 0 spiro atoms. The zero-order valence-electron chi connectivity index (χ0n) is 11.3. The first-order valence-electron chi connectivity index (χ1n) is 6.47. The summed E-state index contributed by atoms with van der Waals surface area (Å²) in [7, 11) is 3.94. The first kappa shape index (κ1) is 13.5. The molecule has 3 atom stereocenters. The minimum absolute atomic E-state index is 0.198. The van der Waals surface area contributed by atoms with Crippen molar-refractivity contribution in [2.75, 3.05) is 27.2 Å². The van der Waals surface area contributed by atoms with Gasteiger partial charge < -0.3 is 19.9 Å². The lowest BCUT2D eigenvalue weighted by Crippen LogP contribution is -2.27. The predicted molar refractivity (Wildman–Crippen MR) is 67.2 cm³/mol. The van der Waals surface area contributed by atoms with Gasteiger partial charge in [0, 0.05) is 13.2 Å². The Morgan fingerprint density at radius 2 is 2.28 bits per heavy atom. The second-order valence-electron chi connectivity index (χ2n) is 5.07. The molecule has 1 aliphatic heterocycles. The molecule has 1 fully saturated rings. The molecule has 0 aromatic carbocycles. The van der Waals surface area contributed by atoms with Crippen molar-refractivity contribution >= 4 is 0 Å². The van der Waals surface area contributed by atoms with E-state index in [1.807, 2.05) is 19.0 Å². The highest BCUT2D eigenvalue weighted by Crippen LogP contribution is 2.32. The van der Waals surface area contributed by atoms with Gasteiger partial charge in [-0.25, -0.2) is 0 Å². The summed E-state index contributed by atoms with van der Waals surface area (Å²) in [5.41, 5.74) is 6.02. The zero-order chi connectivity index (χ0) is 13.1. The fourth-order valence-electron chi connectivity index (χ4n) is 2.36. The van der Waals surface area contributed by atoms with Gasteiger partial charge in [-0.05, 0) is 26.9 Å². The molecule has 0 bridgehead atoms. The minimum atomic E-state index is -0.208. The molecule has 1 saturated heterocycles. The number of ether oxygens (including phenoxy) is 1. The zero-order valence-corrected chi connectivity index (χ0v) is 11.3. The Labute approximate surface area is 107 Å². The number of nitrogens with zero attached hydrogens (tertiary/aromatic N) is 3. The van der Waals surface area contributed by atoms with Gasteiger partial charge in [0.2, 0.25) is 5.89 Å². The molecule has 6 nitrogen and oxygen atoms in total. The Kier molecular flexibility index (Phi) is 4.31. The van der Waals surface area contributed by atoms with Crippen LogP contribution in [0.15, 0.2) is 4.52 Å². The molecule has 0 saturated carbocycles. The van der Waals surface area contributed by atoms with Crippen molar-refractivity contribution < 1.29 is 9.26 Å². The first-order valence-corrected chi connectivity index (χ1v) is 6.47. The van der Waals surface area contributed by atoms with Crippen LogP contribution in [0.25, 0.3) is 0 Å². The van der Waals surface area contributed by atoms with E-state index >= 15 is 0 Å². The maximum Gasteiger partial charge on any atom is 0.232 e. The largest absolute Gasteiger partial charge is 0.377 e. The van der Waals surface area contributed by atoms with Gasteiger partial charge in [-0.15, -0.1) is 0 Å². The van der Waals surface area contributed by atoms with Crippen molar-refractivity contribution in [1.29, 1.82) is 0 Å². The summed E-state index contributed by atoms with van der Waals surface area (Å²) in [5.74, 6) is 1.48. The average molecular weight is 254 g/mol. The SMILES string of the molecule is CCC1OCCC1c1nc(C(N)CN(C)C)no1. The summed E-state index contributed by atoms with van der Waals surface area (Å²) >= 11 is 0. The standard InChI is InChI=1S/C12H22N4O2/c1-4-10-8(5-6-17-10)12-14-11(15-18-12)9(13)7-16(2)3/h8-10H,4-7,13H2,1-3H3. The van der Waals surface area contributed by atoms with Gasteiger partial charge in [-0.2, -0.15) is 4.98 Å². The van der Waals surface area contributed by atoms with Gasteiger partial charge >= 0.3 is 0 Å². The van der Waals surface area contributed by atoms with Crippen molar-refractivity contribution in [3.63, 3.8) is 0 Å². The van der Waals surface area contributed by atoms with Gasteiger partial charge in [0.15, 0.2) is 5.82 Å². The van der Waals surface area contributed by atoms with Crippen LogP contribution in [0.5, 0.6) is 0 Å². The van der Waals surface area contributed by atoms with E-state index in [0.717, 1.165) is 19.4 Å². The topological polar surface area (TPSA) is 77.4 Å². The quantitative estimate of drug-likeness (QED) is 0.841. The highest BCUT2D eigenvalue weighted by Gasteiger charge is 2.33. The Bertz CT molecular complexity index is 380. The van der Waals surface area contributed by atoms with E-state index < -0.39 is 0 Å². The third kappa shape index (κ3) is 2.88. The van der Waals surface area contributed by atoms with Gasteiger partial charge in [0.05, 0.1) is 18.1 Å². The van der Waals surface area contributed by atoms with Crippen LogP contribution >= 0.6 is 0 Å².